The average Bonchev–Trinajstić information content (AvgIpc) is 2.85. The van der Waals surface area contributed by atoms with Crippen molar-refractivity contribution in [1.82, 2.24) is 20.2 Å². The highest BCUT2D eigenvalue weighted by atomic mass is 16.4. The van der Waals surface area contributed by atoms with E-state index in [4.69, 9.17) is 0 Å². The number of nitrogens with one attached hydrogen (secondary N) is 2. The number of aryl methyl sites for hydroxylation is 1. The second-order valence-corrected chi connectivity index (χ2v) is 4.02. The summed E-state index contributed by atoms with van der Waals surface area (Å²) in [7, 11) is 1.80. The van der Waals surface area contributed by atoms with Gasteiger partial charge in [0.1, 0.15) is 5.82 Å². The third kappa shape index (κ3) is 2.23. The molecule has 6 nitrogen and oxygen atoms in total. The van der Waals surface area contributed by atoms with E-state index in [1.807, 2.05) is 0 Å². The van der Waals surface area contributed by atoms with E-state index in [-0.39, 0.29) is 6.04 Å². The molecular formula is C10H16N4O2. The van der Waals surface area contributed by atoms with Crippen LogP contribution in [0.4, 0.5) is 0 Å². The number of aliphatic carboxylic acids is 1. The number of nitrogens with zero attached hydrogens (tertiary/aromatic N) is 2. The minimum atomic E-state index is -0.888. The van der Waals surface area contributed by atoms with Crippen LogP contribution in [0.3, 0.4) is 0 Å². The molecule has 1 fully saturated rings. The van der Waals surface area contributed by atoms with Gasteiger partial charge >= 0.3 is 5.97 Å². The molecule has 0 aliphatic carbocycles. The van der Waals surface area contributed by atoms with Gasteiger partial charge < -0.3 is 15.0 Å². The summed E-state index contributed by atoms with van der Waals surface area (Å²) in [5, 5.41) is 15.5. The molecule has 1 saturated heterocycles. The minimum absolute atomic E-state index is 0.206. The molecule has 16 heavy (non-hydrogen) atoms. The molecule has 1 aromatic rings. The fourth-order valence-electron chi connectivity index (χ4n) is 1.94. The van der Waals surface area contributed by atoms with Gasteiger partial charge in [0.2, 0.25) is 0 Å². The molecule has 0 radical (unpaired) electrons. The van der Waals surface area contributed by atoms with Crippen LogP contribution in [0.15, 0.2) is 12.4 Å². The lowest BCUT2D eigenvalue weighted by Crippen LogP contribution is -2.39. The molecule has 2 heterocycles. The van der Waals surface area contributed by atoms with Crippen molar-refractivity contribution < 1.29 is 9.90 Å². The van der Waals surface area contributed by atoms with Crippen molar-refractivity contribution in [2.24, 2.45) is 7.05 Å². The highest BCUT2D eigenvalue weighted by molar-refractivity contribution is 5.74. The van der Waals surface area contributed by atoms with Gasteiger partial charge in [0.05, 0.1) is 0 Å². The highest BCUT2D eigenvalue weighted by Gasteiger charge is 2.27. The van der Waals surface area contributed by atoms with Crippen molar-refractivity contribution in [3.8, 4) is 0 Å². The molecule has 3 N–H and O–H groups in total. The SMILES string of the molecule is Cn1ccnc1C(NC1CCNC1)C(=O)O. The summed E-state index contributed by atoms with van der Waals surface area (Å²) >= 11 is 0. The first-order chi connectivity index (χ1) is 7.68. The van der Waals surface area contributed by atoms with Gasteiger partial charge in [-0.3, -0.25) is 10.1 Å². The predicted molar refractivity (Wildman–Crippen MR) is 58.0 cm³/mol. The van der Waals surface area contributed by atoms with Crippen molar-refractivity contribution in [2.45, 2.75) is 18.5 Å². The Balaban J connectivity index is 2.11. The smallest absolute Gasteiger partial charge is 0.328 e. The molecule has 1 aromatic heterocycles. The van der Waals surface area contributed by atoms with Gasteiger partial charge in [0, 0.05) is 32.0 Å². The first-order valence-corrected chi connectivity index (χ1v) is 5.35. The van der Waals surface area contributed by atoms with E-state index >= 15 is 0 Å². The molecule has 88 valence electrons. The highest BCUT2D eigenvalue weighted by Crippen LogP contribution is 2.12. The standard InChI is InChI=1S/C10H16N4O2/c1-14-5-4-12-9(14)8(10(15)16)13-7-2-3-11-6-7/h4-5,7-8,11,13H,2-3,6H2,1H3,(H,15,16). The molecule has 0 amide bonds. The zero-order chi connectivity index (χ0) is 11.5. The van der Waals surface area contributed by atoms with E-state index in [1.165, 1.54) is 0 Å². The maximum Gasteiger partial charge on any atom is 0.328 e. The largest absolute Gasteiger partial charge is 0.480 e. The number of aromatic nitrogens is 2. The van der Waals surface area contributed by atoms with Crippen LogP contribution in [0.1, 0.15) is 18.3 Å². The Morgan fingerprint density at radius 3 is 3.12 bits per heavy atom. The summed E-state index contributed by atoms with van der Waals surface area (Å²) in [5.41, 5.74) is 0. The average molecular weight is 224 g/mol. The first-order valence-electron chi connectivity index (χ1n) is 5.35. The van der Waals surface area contributed by atoms with Crippen molar-refractivity contribution in [1.29, 1.82) is 0 Å². The predicted octanol–water partition coefficient (Wildman–Crippen LogP) is -0.503. The summed E-state index contributed by atoms with van der Waals surface area (Å²) in [6.45, 7) is 1.75. The summed E-state index contributed by atoms with van der Waals surface area (Å²) in [6, 6.07) is -0.525. The Hall–Kier alpha value is -1.40. The first kappa shape index (κ1) is 11.1. The Bertz CT molecular complexity index is 371. The maximum absolute atomic E-state index is 11.2. The van der Waals surface area contributed by atoms with Crippen LogP contribution in [0.5, 0.6) is 0 Å². The summed E-state index contributed by atoms with van der Waals surface area (Å²) < 4.78 is 1.73. The van der Waals surface area contributed by atoms with Crippen LogP contribution in [-0.4, -0.2) is 39.8 Å². The molecular weight excluding hydrogens is 208 g/mol. The number of carboxylic acids is 1. The monoisotopic (exact) mass is 224 g/mol. The molecule has 1 aliphatic heterocycles. The molecule has 0 aromatic carbocycles. The van der Waals surface area contributed by atoms with Crippen LogP contribution < -0.4 is 10.6 Å². The fraction of sp³-hybridized carbons (Fsp3) is 0.600. The van der Waals surface area contributed by atoms with E-state index in [0.717, 1.165) is 19.5 Å². The lowest BCUT2D eigenvalue weighted by Gasteiger charge is -2.18. The van der Waals surface area contributed by atoms with Crippen LogP contribution in [0.25, 0.3) is 0 Å². The normalized spacial score (nSPS) is 22.2. The summed E-state index contributed by atoms with van der Waals surface area (Å²) in [6.07, 6.45) is 4.31. The van der Waals surface area contributed by atoms with Gasteiger partial charge in [0.25, 0.3) is 0 Å². The number of hydrogen-bond acceptors (Lipinski definition) is 4. The number of carboxylic acid groups (broad SMARTS) is 1. The molecule has 0 bridgehead atoms. The Kier molecular flexibility index (Phi) is 3.21. The Morgan fingerprint density at radius 2 is 2.62 bits per heavy atom. The van der Waals surface area contributed by atoms with Gasteiger partial charge in [-0.1, -0.05) is 0 Å². The van der Waals surface area contributed by atoms with E-state index in [9.17, 15) is 9.90 Å². The molecule has 0 spiro atoms. The number of imidazole rings is 1. The lowest BCUT2D eigenvalue weighted by atomic mass is 10.2. The molecule has 2 rings (SSSR count). The van der Waals surface area contributed by atoms with E-state index in [2.05, 4.69) is 15.6 Å². The fourth-order valence-corrected chi connectivity index (χ4v) is 1.94. The van der Waals surface area contributed by atoms with Crippen LogP contribution in [0.2, 0.25) is 0 Å². The second-order valence-electron chi connectivity index (χ2n) is 4.02. The van der Waals surface area contributed by atoms with Gasteiger partial charge in [-0.15, -0.1) is 0 Å². The number of carbonyl (C=O) groups is 1. The quantitative estimate of drug-likeness (QED) is 0.642. The van der Waals surface area contributed by atoms with Gasteiger partial charge in [0.15, 0.2) is 6.04 Å². The van der Waals surface area contributed by atoms with Gasteiger partial charge in [-0.2, -0.15) is 0 Å². The lowest BCUT2D eigenvalue weighted by molar-refractivity contribution is -0.140. The van der Waals surface area contributed by atoms with Crippen molar-refractivity contribution >= 4 is 5.97 Å². The zero-order valence-corrected chi connectivity index (χ0v) is 9.18. The van der Waals surface area contributed by atoms with Crippen LogP contribution in [-0.2, 0) is 11.8 Å². The van der Waals surface area contributed by atoms with Gasteiger partial charge in [-0.05, 0) is 13.0 Å². The Labute approximate surface area is 93.7 Å². The minimum Gasteiger partial charge on any atom is -0.480 e. The second kappa shape index (κ2) is 4.63. The molecule has 0 saturated carbocycles. The van der Waals surface area contributed by atoms with Crippen LogP contribution in [0, 0.1) is 0 Å². The third-order valence-corrected chi connectivity index (χ3v) is 2.83. The van der Waals surface area contributed by atoms with E-state index < -0.39 is 12.0 Å². The van der Waals surface area contributed by atoms with Crippen molar-refractivity contribution in [2.75, 3.05) is 13.1 Å². The van der Waals surface area contributed by atoms with E-state index in [1.54, 1.807) is 24.0 Å². The molecule has 1 aliphatic rings. The van der Waals surface area contributed by atoms with Crippen molar-refractivity contribution in [3.63, 3.8) is 0 Å². The van der Waals surface area contributed by atoms with E-state index in [0.29, 0.717) is 5.82 Å². The molecule has 6 heteroatoms. The topological polar surface area (TPSA) is 79.2 Å². The number of hydrogen-bond donors (Lipinski definition) is 3. The van der Waals surface area contributed by atoms with Crippen LogP contribution >= 0.6 is 0 Å². The van der Waals surface area contributed by atoms with Crippen molar-refractivity contribution in [3.05, 3.63) is 18.2 Å². The van der Waals surface area contributed by atoms with Gasteiger partial charge in [-0.25, -0.2) is 4.98 Å². The maximum atomic E-state index is 11.2. The third-order valence-electron chi connectivity index (χ3n) is 2.83. The zero-order valence-electron chi connectivity index (χ0n) is 9.18. The summed E-state index contributed by atoms with van der Waals surface area (Å²) in [4.78, 5) is 15.3. The number of rotatable bonds is 4. The summed E-state index contributed by atoms with van der Waals surface area (Å²) in [5.74, 6) is -0.347. The molecule has 2 unspecified atom stereocenters. The molecule has 2 atom stereocenters. The Morgan fingerprint density at radius 1 is 1.81 bits per heavy atom.